The van der Waals surface area contributed by atoms with Gasteiger partial charge in [0.2, 0.25) is 0 Å². The second-order valence-corrected chi connectivity index (χ2v) is 26.3. The lowest BCUT2D eigenvalue weighted by atomic mass is 9.96. The lowest BCUT2D eigenvalue weighted by Gasteiger charge is -2.25. The molecule has 2 aliphatic rings. The van der Waals surface area contributed by atoms with Crippen molar-refractivity contribution in [2.75, 3.05) is 20.3 Å². The van der Waals surface area contributed by atoms with Gasteiger partial charge in [0.25, 0.3) is 5.95 Å². The number of hydrogen-bond acceptors (Lipinski definition) is 7. The van der Waals surface area contributed by atoms with Gasteiger partial charge in [0.15, 0.2) is 23.1 Å². The summed E-state index contributed by atoms with van der Waals surface area (Å²) in [6.45, 7) is 17.7. The highest BCUT2D eigenvalue weighted by molar-refractivity contribution is 6.08. The van der Waals surface area contributed by atoms with Crippen LogP contribution in [0.2, 0.25) is 0 Å². The van der Waals surface area contributed by atoms with Crippen LogP contribution in [-0.4, -0.2) is 48.3 Å². The summed E-state index contributed by atoms with van der Waals surface area (Å²) in [5.41, 5.74) is 19.5. The van der Waals surface area contributed by atoms with Crippen LogP contribution >= 0.6 is 0 Å². The predicted octanol–water partition coefficient (Wildman–Crippen LogP) is 24.3. The van der Waals surface area contributed by atoms with Crippen LogP contribution in [-0.2, 0) is 35.2 Å². The number of ketones is 4. The number of rotatable bonds is 27. The van der Waals surface area contributed by atoms with E-state index in [-0.39, 0.29) is 36.5 Å². The van der Waals surface area contributed by atoms with E-state index in [4.69, 9.17) is 9.47 Å². The van der Waals surface area contributed by atoms with E-state index < -0.39 is 0 Å². The van der Waals surface area contributed by atoms with Gasteiger partial charge >= 0.3 is 0 Å². The molecule has 0 aromatic heterocycles. The van der Waals surface area contributed by atoms with Crippen LogP contribution in [0.15, 0.2) is 280 Å². The van der Waals surface area contributed by atoms with E-state index in [1.807, 2.05) is 158 Å². The van der Waals surface area contributed by atoms with E-state index in [1.165, 1.54) is 95.9 Å². The highest BCUT2D eigenvalue weighted by atomic mass is 16.7. The molecule has 0 bridgehead atoms. The molecule has 9 aromatic rings. The molecule has 0 radical (unpaired) electrons. The third-order valence-corrected chi connectivity index (χ3v) is 18.0. The van der Waals surface area contributed by atoms with Crippen molar-refractivity contribution in [3.8, 4) is 11.1 Å². The molecule has 0 atom stereocenters. The Bertz CT molecular complexity index is 4240. The second kappa shape index (κ2) is 43.1. The first-order chi connectivity index (χ1) is 49.6. The Labute approximate surface area is 615 Å². The molecule has 103 heavy (non-hydrogen) atoms. The van der Waals surface area contributed by atoms with Gasteiger partial charge in [-0.25, -0.2) is 0 Å². The molecule has 7 nitrogen and oxygen atoms in total. The van der Waals surface area contributed by atoms with Gasteiger partial charge in [-0.1, -0.05) is 327 Å². The number of ether oxygens (including phenoxy) is 2. The Morgan fingerprint density at radius 2 is 0.641 bits per heavy atom. The van der Waals surface area contributed by atoms with Gasteiger partial charge in [-0.05, 0) is 163 Å². The van der Waals surface area contributed by atoms with Crippen molar-refractivity contribution in [1.82, 2.24) is 4.90 Å². The first-order valence-corrected chi connectivity index (χ1v) is 36.4. The van der Waals surface area contributed by atoms with Crippen LogP contribution in [0.3, 0.4) is 0 Å². The Balaban J connectivity index is 0.000000193. The molecule has 1 saturated heterocycles. The lowest BCUT2D eigenvalue weighted by Crippen LogP contribution is -2.20. The average molecular weight is 1370 g/mol. The highest BCUT2D eigenvalue weighted by Gasteiger charge is 2.19. The Hall–Kier alpha value is -10.8. The van der Waals surface area contributed by atoms with E-state index in [1.54, 1.807) is 24.3 Å². The Morgan fingerprint density at radius 1 is 0.379 bits per heavy atom. The van der Waals surface area contributed by atoms with E-state index >= 15 is 0 Å². The molecule has 530 valence electrons. The van der Waals surface area contributed by atoms with Crippen LogP contribution in [0.25, 0.3) is 35.4 Å². The van der Waals surface area contributed by atoms with Crippen LogP contribution in [0, 0.1) is 13.8 Å². The molecule has 0 spiro atoms. The first-order valence-electron chi connectivity index (χ1n) is 36.4. The minimum absolute atomic E-state index is 0. The van der Waals surface area contributed by atoms with Crippen molar-refractivity contribution in [2.24, 2.45) is 0 Å². The second-order valence-electron chi connectivity index (χ2n) is 26.3. The van der Waals surface area contributed by atoms with Gasteiger partial charge in [-0.3, -0.25) is 19.2 Å². The number of carbonyl (C=O) groups excluding carboxylic acids is 4. The van der Waals surface area contributed by atoms with Crippen molar-refractivity contribution < 1.29 is 28.7 Å². The van der Waals surface area contributed by atoms with Gasteiger partial charge in [-0.15, -0.1) is 0 Å². The summed E-state index contributed by atoms with van der Waals surface area (Å²) < 4.78 is 10.7. The summed E-state index contributed by atoms with van der Waals surface area (Å²) in [6, 6.07) is 73.2. The fourth-order valence-corrected chi connectivity index (χ4v) is 11.3. The molecule has 0 unspecified atom stereocenters. The summed E-state index contributed by atoms with van der Waals surface area (Å²) in [5.74, 6) is 1.06. The number of aryl methyl sites for hydroxylation is 6. The molecule has 0 saturated carbocycles. The summed E-state index contributed by atoms with van der Waals surface area (Å²) in [6.07, 6.45) is 36.5. The standard InChI is InChI=1S/C26H26O.C25H27NO.C24H26O3.C20H22O.CH4/c1-3-4-5-21-10-13-23(14-11-21)24-15-17-25(18-16-24)26(27)19-12-22-8-6-20(2)7-9-22;1-3-4-5-20-8-13-24(14-9-20)25(27)15-10-21-6-11-22(12-7-21)23-16-18-26(2)19-17-23;1-3-4-5-19-8-13-22(14-9-19)24(25)15-10-20-6-11-21(12-7-20)23-16-26-18(2)27-17-23;1-3-4-5-17-10-13-19(14-11-17)20(21)15-12-18-8-6-16(2)7-9-18;/h6-19H,3-5H2,1-2H3;6-19,23H,3-5H2,1-2H3;6-15,23H,2-5,16-17H2,1H3;6-15H,3-5H2,1-2H3;1H4/b19-12+;2*15-10+;15-12+;. The minimum atomic E-state index is 0. The van der Waals surface area contributed by atoms with E-state index in [2.05, 4.69) is 170 Å². The zero-order valence-electron chi connectivity index (χ0n) is 60.9. The predicted molar refractivity (Wildman–Crippen MR) is 434 cm³/mol. The number of unbranched alkanes of at least 4 members (excludes halogenated alkanes) is 4. The molecule has 0 aliphatic carbocycles. The summed E-state index contributed by atoms with van der Waals surface area (Å²) in [7, 11) is 2.02. The fourth-order valence-electron chi connectivity index (χ4n) is 11.3. The first kappa shape index (κ1) is 79.6. The van der Waals surface area contributed by atoms with Crippen molar-refractivity contribution >= 4 is 47.4 Å². The number of carbonyl (C=O) groups is 4. The monoisotopic (exact) mass is 1370 g/mol. The smallest absolute Gasteiger partial charge is 0.271 e. The minimum Gasteiger partial charge on any atom is -0.465 e. The number of nitrogens with zero attached hydrogens (tertiary/aromatic N) is 1. The third-order valence-electron chi connectivity index (χ3n) is 18.0. The van der Waals surface area contributed by atoms with Crippen molar-refractivity contribution in [1.29, 1.82) is 0 Å². The Kier molecular flexibility index (Phi) is 33.3. The summed E-state index contributed by atoms with van der Waals surface area (Å²) in [5, 5.41) is 0. The molecule has 0 amide bonds. The molecule has 2 heterocycles. The maximum atomic E-state index is 12.4. The number of benzene rings is 9. The zero-order valence-corrected chi connectivity index (χ0v) is 60.9. The molecular weight excluding hydrogens is 1260 g/mol. The Morgan fingerprint density at radius 3 is 0.942 bits per heavy atom. The van der Waals surface area contributed by atoms with Gasteiger partial charge in [0, 0.05) is 47.6 Å². The SMILES string of the molecule is C.C=C1OCC(c2ccc(/C=C/C(=O)c3ccc(CCCC)cc3)cc2)CO1.CCCCc1ccc(-c2ccc(C(=O)/C=C/c3ccc(C)cc3)cc2)cc1.CCCCc1ccc(C(=O)/C=C/c2ccc(C)cc2)cc1.CCCCc1ccc(C(=O)/C=C/c2ccc(C3C=CN(C)C=C3)cc2)cc1. The van der Waals surface area contributed by atoms with Crippen molar-refractivity contribution in [3.05, 3.63) is 369 Å². The highest BCUT2D eigenvalue weighted by Crippen LogP contribution is 2.27. The molecule has 9 aromatic carbocycles. The number of hydrogen-bond donors (Lipinski definition) is 0. The lowest BCUT2D eigenvalue weighted by molar-refractivity contribution is -0.0267. The molecule has 7 heteroatoms. The van der Waals surface area contributed by atoms with Crippen LogP contribution in [0.5, 0.6) is 0 Å². The van der Waals surface area contributed by atoms with Gasteiger partial charge in [-0.2, -0.15) is 0 Å². The van der Waals surface area contributed by atoms with Crippen molar-refractivity contribution in [3.63, 3.8) is 0 Å². The molecule has 2 aliphatic heterocycles. The third kappa shape index (κ3) is 27.3. The topological polar surface area (TPSA) is 90.0 Å². The largest absolute Gasteiger partial charge is 0.465 e. The summed E-state index contributed by atoms with van der Waals surface area (Å²) >= 11 is 0. The van der Waals surface area contributed by atoms with Crippen LogP contribution in [0.4, 0.5) is 0 Å². The molecule has 11 rings (SSSR count). The molecule has 1 fully saturated rings. The fraction of sp³-hybridized carbons (Fsp3) is 0.250. The van der Waals surface area contributed by atoms with Gasteiger partial charge in [0.1, 0.15) is 13.2 Å². The van der Waals surface area contributed by atoms with E-state index in [0.717, 1.165) is 75.8 Å². The maximum Gasteiger partial charge on any atom is 0.271 e. The molecular formula is C96H105NO6. The van der Waals surface area contributed by atoms with Crippen molar-refractivity contribution in [2.45, 2.75) is 138 Å². The van der Waals surface area contributed by atoms with Crippen LogP contribution < -0.4 is 0 Å². The van der Waals surface area contributed by atoms with E-state index in [0.29, 0.717) is 30.6 Å². The van der Waals surface area contributed by atoms with Gasteiger partial charge in [0.05, 0.1) is 5.92 Å². The normalized spacial score (nSPS) is 12.7. The molecule has 0 N–H and O–H groups in total. The quantitative estimate of drug-likeness (QED) is 0.0374. The van der Waals surface area contributed by atoms with Gasteiger partial charge < -0.3 is 14.4 Å². The average Bonchev–Trinajstić information content (AvgIpc) is 0.864. The number of allylic oxidation sites excluding steroid dienone is 6. The van der Waals surface area contributed by atoms with E-state index in [9.17, 15) is 19.2 Å². The summed E-state index contributed by atoms with van der Waals surface area (Å²) in [4.78, 5) is 51.3. The van der Waals surface area contributed by atoms with Crippen LogP contribution in [0.1, 0.15) is 207 Å². The maximum absolute atomic E-state index is 12.4. The zero-order chi connectivity index (χ0) is 72.3.